The average molecular weight is 434 g/mol. The summed E-state index contributed by atoms with van der Waals surface area (Å²) >= 11 is 0. The van der Waals surface area contributed by atoms with Gasteiger partial charge in [-0.3, -0.25) is 5.32 Å². The Morgan fingerprint density at radius 2 is 2.06 bits per heavy atom. The Hall–Kier alpha value is -4.08. The number of benzene rings is 1. The minimum absolute atomic E-state index is 0.107. The Morgan fingerprint density at radius 3 is 2.75 bits per heavy atom. The monoisotopic (exact) mass is 434 g/mol. The van der Waals surface area contributed by atoms with Crippen LogP contribution >= 0.6 is 0 Å². The van der Waals surface area contributed by atoms with Crippen LogP contribution in [0.1, 0.15) is 18.7 Å². The molecule has 1 aromatic carbocycles. The molecule has 0 radical (unpaired) electrons. The summed E-state index contributed by atoms with van der Waals surface area (Å²) in [5.74, 6) is 2.12. The second-order valence-corrected chi connectivity index (χ2v) is 7.67. The average Bonchev–Trinajstić information content (AvgIpc) is 3.40. The molecule has 10 heteroatoms. The summed E-state index contributed by atoms with van der Waals surface area (Å²) in [7, 11) is 0. The maximum absolute atomic E-state index is 10.8. The normalized spacial score (nSPS) is 14.6. The zero-order valence-electron chi connectivity index (χ0n) is 17.4. The van der Waals surface area contributed by atoms with Gasteiger partial charge in [0.2, 0.25) is 0 Å². The SMILES string of the molecule is Cc1noc(N2CCC(Oc3ccc(-n4ccc5cc(NC(=O)O)ccc54)nc3)CC2)n1. The number of hydrogen-bond donors (Lipinski definition) is 2. The molecule has 0 spiro atoms. The van der Waals surface area contributed by atoms with Crippen molar-refractivity contribution in [2.45, 2.75) is 25.9 Å². The van der Waals surface area contributed by atoms with Gasteiger partial charge in [0.15, 0.2) is 5.82 Å². The van der Waals surface area contributed by atoms with E-state index in [2.05, 4.69) is 25.3 Å². The van der Waals surface area contributed by atoms with Gasteiger partial charge in [0.25, 0.3) is 0 Å². The number of rotatable bonds is 5. The van der Waals surface area contributed by atoms with E-state index in [0.717, 1.165) is 48.4 Å². The van der Waals surface area contributed by atoms with Crippen LogP contribution in [-0.4, -0.2) is 50.1 Å². The Bertz CT molecular complexity index is 1240. The standard InChI is InChI=1S/C22H22N6O4/c1-14-24-21(32-26-14)27-9-7-17(8-10-27)31-18-3-5-20(23-13-18)28-11-6-15-12-16(25-22(29)30)2-4-19(15)28/h2-6,11-13,17,25H,7-10H2,1H3,(H,29,30). The summed E-state index contributed by atoms with van der Waals surface area (Å²) in [6.07, 6.45) is 4.38. The number of fused-ring (bicyclic) bond motifs is 1. The lowest BCUT2D eigenvalue weighted by Gasteiger charge is -2.30. The van der Waals surface area contributed by atoms with Gasteiger partial charge in [-0.05, 0) is 43.3 Å². The summed E-state index contributed by atoms with van der Waals surface area (Å²) in [5, 5.41) is 16.0. The number of anilines is 2. The second-order valence-electron chi connectivity index (χ2n) is 7.67. The summed E-state index contributed by atoms with van der Waals surface area (Å²) in [6.45, 7) is 3.40. The van der Waals surface area contributed by atoms with Gasteiger partial charge < -0.3 is 23.8 Å². The summed E-state index contributed by atoms with van der Waals surface area (Å²) in [4.78, 5) is 21.8. The van der Waals surface area contributed by atoms with E-state index < -0.39 is 6.09 Å². The van der Waals surface area contributed by atoms with Gasteiger partial charge in [0.05, 0.1) is 11.7 Å². The summed E-state index contributed by atoms with van der Waals surface area (Å²) in [6, 6.07) is 11.7. The van der Waals surface area contributed by atoms with E-state index >= 15 is 0 Å². The fourth-order valence-electron chi connectivity index (χ4n) is 3.90. The molecule has 10 nitrogen and oxygen atoms in total. The van der Waals surface area contributed by atoms with Crippen molar-refractivity contribution in [1.82, 2.24) is 19.7 Å². The minimum Gasteiger partial charge on any atom is -0.489 e. The molecule has 0 bridgehead atoms. The van der Waals surface area contributed by atoms with E-state index in [1.165, 1.54) is 0 Å². The molecule has 0 saturated carbocycles. The van der Waals surface area contributed by atoms with E-state index in [1.807, 2.05) is 42.0 Å². The van der Waals surface area contributed by atoms with Crippen LogP contribution in [0.25, 0.3) is 16.7 Å². The molecule has 164 valence electrons. The Labute approximate surface area is 183 Å². The number of aromatic nitrogens is 4. The van der Waals surface area contributed by atoms with Crippen LogP contribution in [0.15, 0.2) is 53.3 Å². The fourth-order valence-corrected chi connectivity index (χ4v) is 3.90. The van der Waals surface area contributed by atoms with Crippen molar-refractivity contribution in [3.8, 4) is 11.6 Å². The topological polar surface area (TPSA) is 119 Å². The molecule has 0 aliphatic carbocycles. The Kier molecular flexibility index (Phi) is 5.10. The van der Waals surface area contributed by atoms with Crippen molar-refractivity contribution in [1.29, 1.82) is 0 Å². The first-order chi connectivity index (χ1) is 15.5. The summed E-state index contributed by atoms with van der Waals surface area (Å²) in [5.41, 5.74) is 1.46. The Balaban J connectivity index is 1.23. The molecule has 2 N–H and O–H groups in total. The van der Waals surface area contributed by atoms with Gasteiger partial charge in [0, 0.05) is 43.2 Å². The maximum Gasteiger partial charge on any atom is 0.409 e. The number of carbonyl (C=O) groups is 1. The molecule has 4 aromatic rings. The third kappa shape index (κ3) is 4.07. The van der Waals surface area contributed by atoms with Crippen molar-refractivity contribution in [3.05, 3.63) is 54.6 Å². The highest BCUT2D eigenvalue weighted by Crippen LogP contribution is 2.25. The van der Waals surface area contributed by atoms with Crippen LogP contribution in [0.3, 0.4) is 0 Å². The van der Waals surface area contributed by atoms with Gasteiger partial charge >= 0.3 is 12.1 Å². The highest BCUT2D eigenvalue weighted by molar-refractivity contribution is 5.90. The number of amides is 1. The summed E-state index contributed by atoms with van der Waals surface area (Å²) < 4.78 is 13.3. The van der Waals surface area contributed by atoms with Crippen molar-refractivity contribution < 1.29 is 19.2 Å². The number of aryl methyl sites for hydroxylation is 1. The van der Waals surface area contributed by atoms with Gasteiger partial charge in [-0.1, -0.05) is 5.16 Å². The van der Waals surface area contributed by atoms with Crippen molar-refractivity contribution >= 4 is 28.7 Å². The molecule has 1 saturated heterocycles. The van der Waals surface area contributed by atoms with Crippen LogP contribution in [0, 0.1) is 6.92 Å². The predicted molar refractivity (Wildman–Crippen MR) is 118 cm³/mol. The molecular formula is C22H22N6O4. The van der Waals surface area contributed by atoms with Gasteiger partial charge in [0.1, 0.15) is 17.7 Å². The zero-order chi connectivity index (χ0) is 22.1. The highest BCUT2D eigenvalue weighted by Gasteiger charge is 2.24. The van der Waals surface area contributed by atoms with Crippen LogP contribution in [-0.2, 0) is 0 Å². The van der Waals surface area contributed by atoms with E-state index in [4.69, 9.17) is 14.4 Å². The number of hydrogen-bond acceptors (Lipinski definition) is 7. The number of piperidine rings is 1. The van der Waals surface area contributed by atoms with Crippen LogP contribution < -0.4 is 15.0 Å². The molecule has 3 aromatic heterocycles. The molecule has 1 amide bonds. The molecular weight excluding hydrogens is 412 g/mol. The first-order valence-corrected chi connectivity index (χ1v) is 10.3. The number of nitrogens with zero attached hydrogens (tertiary/aromatic N) is 5. The van der Waals surface area contributed by atoms with Gasteiger partial charge in [-0.15, -0.1) is 0 Å². The van der Waals surface area contributed by atoms with Crippen LogP contribution in [0.5, 0.6) is 5.75 Å². The molecule has 0 unspecified atom stereocenters. The fraction of sp³-hybridized carbons (Fsp3) is 0.273. The molecule has 1 aliphatic rings. The smallest absolute Gasteiger partial charge is 0.409 e. The second kappa shape index (κ2) is 8.22. The molecule has 1 fully saturated rings. The van der Waals surface area contributed by atoms with Crippen LogP contribution in [0.4, 0.5) is 16.5 Å². The Morgan fingerprint density at radius 1 is 1.22 bits per heavy atom. The highest BCUT2D eigenvalue weighted by atomic mass is 16.5. The molecule has 4 heterocycles. The van der Waals surface area contributed by atoms with Crippen molar-refractivity contribution in [2.24, 2.45) is 0 Å². The minimum atomic E-state index is -1.09. The van der Waals surface area contributed by atoms with E-state index in [-0.39, 0.29) is 6.10 Å². The number of pyridine rings is 1. The zero-order valence-corrected chi connectivity index (χ0v) is 17.4. The van der Waals surface area contributed by atoms with Gasteiger partial charge in [-0.2, -0.15) is 4.98 Å². The molecule has 0 atom stereocenters. The third-order valence-electron chi connectivity index (χ3n) is 5.44. The first-order valence-electron chi connectivity index (χ1n) is 10.3. The number of nitrogens with one attached hydrogen (secondary N) is 1. The van der Waals surface area contributed by atoms with Crippen molar-refractivity contribution in [2.75, 3.05) is 23.3 Å². The predicted octanol–water partition coefficient (Wildman–Crippen LogP) is 3.85. The maximum atomic E-state index is 10.8. The van der Waals surface area contributed by atoms with E-state index in [0.29, 0.717) is 17.5 Å². The lowest BCUT2D eigenvalue weighted by Crippen LogP contribution is -2.38. The lowest BCUT2D eigenvalue weighted by atomic mass is 10.1. The number of carboxylic acid groups (broad SMARTS) is 1. The third-order valence-corrected chi connectivity index (χ3v) is 5.44. The largest absolute Gasteiger partial charge is 0.489 e. The van der Waals surface area contributed by atoms with E-state index in [1.54, 1.807) is 18.3 Å². The van der Waals surface area contributed by atoms with Gasteiger partial charge in [-0.25, -0.2) is 9.78 Å². The molecule has 1 aliphatic heterocycles. The van der Waals surface area contributed by atoms with Crippen LogP contribution in [0.2, 0.25) is 0 Å². The molecule has 32 heavy (non-hydrogen) atoms. The first kappa shape index (κ1) is 19.9. The van der Waals surface area contributed by atoms with Crippen molar-refractivity contribution in [3.63, 3.8) is 0 Å². The number of ether oxygens (including phenoxy) is 1. The lowest BCUT2D eigenvalue weighted by molar-refractivity contribution is 0.168. The molecule has 5 rings (SSSR count). The quantitative estimate of drug-likeness (QED) is 0.486. The van der Waals surface area contributed by atoms with E-state index in [9.17, 15) is 4.79 Å².